The molecule has 0 aromatic heterocycles. The van der Waals surface area contributed by atoms with Crippen LogP contribution >= 0.6 is 11.8 Å². The van der Waals surface area contributed by atoms with Crippen molar-refractivity contribution in [3.05, 3.63) is 0 Å². The van der Waals surface area contributed by atoms with Crippen molar-refractivity contribution < 1.29 is 4.79 Å². The Balaban J connectivity index is 2.29. The van der Waals surface area contributed by atoms with Gasteiger partial charge in [0.2, 0.25) is 5.91 Å². The van der Waals surface area contributed by atoms with Crippen molar-refractivity contribution in [3.63, 3.8) is 0 Å². The standard InChI is InChI=1S/C13H27N3OS/c1-13(5-7-16(2)8-6-13)10-15-12(17)11(14)4-9-18-3/h11H,4-10,14H2,1-3H3,(H,15,17)/t11-/m0/s1. The van der Waals surface area contributed by atoms with Gasteiger partial charge in [-0.3, -0.25) is 4.79 Å². The second kappa shape index (κ2) is 7.36. The van der Waals surface area contributed by atoms with Crippen LogP contribution in [0.3, 0.4) is 0 Å². The number of hydrogen-bond donors (Lipinski definition) is 2. The molecule has 1 aliphatic heterocycles. The van der Waals surface area contributed by atoms with E-state index < -0.39 is 0 Å². The molecular formula is C13H27N3OS. The summed E-state index contributed by atoms with van der Waals surface area (Å²) in [6, 6.07) is -0.354. The largest absolute Gasteiger partial charge is 0.354 e. The summed E-state index contributed by atoms with van der Waals surface area (Å²) in [5.74, 6) is 0.945. The highest BCUT2D eigenvalue weighted by Gasteiger charge is 2.29. The lowest BCUT2D eigenvalue weighted by Crippen LogP contribution is -2.47. The Morgan fingerprint density at radius 2 is 2.11 bits per heavy atom. The molecule has 3 N–H and O–H groups in total. The van der Waals surface area contributed by atoms with Crippen LogP contribution in [0.1, 0.15) is 26.2 Å². The van der Waals surface area contributed by atoms with Crippen LogP contribution in [0.25, 0.3) is 0 Å². The molecule has 1 aliphatic rings. The Morgan fingerprint density at radius 1 is 1.50 bits per heavy atom. The first kappa shape index (κ1) is 15.8. The van der Waals surface area contributed by atoms with Gasteiger partial charge >= 0.3 is 0 Å². The molecule has 0 aliphatic carbocycles. The predicted molar refractivity (Wildman–Crippen MR) is 78.8 cm³/mol. The quantitative estimate of drug-likeness (QED) is 0.755. The maximum Gasteiger partial charge on any atom is 0.236 e. The molecule has 0 unspecified atom stereocenters. The molecule has 1 saturated heterocycles. The van der Waals surface area contributed by atoms with E-state index >= 15 is 0 Å². The zero-order chi connectivity index (χ0) is 13.6. The third-order valence-electron chi connectivity index (χ3n) is 3.85. The first-order valence-corrected chi connectivity index (χ1v) is 8.07. The van der Waals surface area contributed by atoms with Gasteiger partial charge in [0, 0.05) is 6.54 Å². The van der Waals surface area contributed by atoms with Gasteiger partial charge in [-0.25, -0.2) is 0 Å². The fraction of sp³-hybridized carbons (Fsp3) is 0.923. The molecule has 5 heteroatoms. The van der Waals surface area contributed by atoms with Crippen LogP contribution in [0.2, 0.25) is 0 Å². The number of likely N-dealkylation sites (tertiary alicyclic amines) is 1. The minimum absolute atomic E-state index is 0.00389. The van der Waals surface area contributed by atoms with Gasteiger partial charge in [0.15, 0.2) is 0 Å². The summed E-state index contributed by atoms with van der Waals surface area (Å²) in [6.45, 7) is 5.25. The lowest BCUT2D eigenvalue weighted by atomic mass is 9.80. The van der Waals surface area contributed by atoms with Crippen LogP contribution in [-0.4, -0.2) is 55.5 Å². The van der Waals surface area contributed by atoms with Crippen LogP contribution in [-0.2, 0) is 4.79 Å². The lowest BCUT2D eigenvalue weighted by molar-refractivity contribution is -0.123. The molecule has 4 nitrogen and oxygen atoms in total. The first-order chi connectivity index (χ1) is 8.47. The molecule has 1 atom stereocenters. The number of rotatable bonds is 6. The molecule has 1 heterocycles. The summed E-state index contributed by atoms with van der Waals surface area (Å²) in [5.41, 5.74) is 6.09. The second-order valence-electron chi connectivity index (χ2n) is 5.72. The molecule has 0 saturated carbocycles. The van der Waals surface area contributed by atoms with Crippen LogP contribution in [0.5, 0.6) is 0 Å². The monoisotopic (exact) mass is 273 g/mol. The number of nitrogens with two attached hydrogens (primary N) is 1. The molecule has 0 spiro atoms. The van der Waals surface area contributed by atoms with Crippen LogP contribution in [0.15, 0.2) is 0 Å². The summed E-state index contributed by atoms with van der Waals surface area (Å²) in [4.78, 5) is 14.2. The SMILES string of the molecule is CSCC[C@H](N)C(=O)NCC1(C)CCN(C)CC1. The van der Waals surface area contributed by atoms with E-state index in [1.165, 1.54) is 0 Å². The van der Waals surface area contributed by atoms with Gasteiger partial charge in [0.25, 0.3) is 0 Å². The topological polar surface area (TPSA) is 58.4 Å². The van der Waals surface area contributed by atoms with Crippen molar-refractivity contribution in [2.75, 3.05) is 38.7 Å². The van der Waals surface area contributed by atoms with Crippen molar-refractivity contribution in [1.29, 1.82) is 0 Å². The molecule has 0 aromatic carbocycles. The smallest absolute Gasteiger partial charge is 0.236 e. The third kappa shape index (κ3) is 5.16. The zero-order valence-corrected chi connectivity index (χ0v) is 12.7. The minimum Gasteiger partial charge on any atom is -0.354 e. The second-order valence-corrected chi connectivity index (χ2v) is 6.71. The van der Waals surface area contributed by atoms with E-state index in [-0.39, 0.29) is 17.4 Å². The molecule has 1 amide bonds. The number of hydrogen-bond acceptors (Lipinski definition) is 4. The van der Waals surface area contributed by atoms with Gasteiger partial charge in [-0.05, 0) is 56.8 Å². The highest BCUT2D eigenvalue weighted by atomic mass is 32.2. The normalized spacial score (nSPS) is 21.6. The Hall–Kier alpha value is -0.260. The number of amides is 1. The summed E-state index contributed by atoms with van der Waals surface area (Å²) < 4.78 is 0. The maximum atomic E-state index is 11.8. The number of carbonyl (C=O) groups is 1. The summed E-state index contributed by atoms with van der Waals surface area (Å²) in [6.07, 6.45) is 5.07. The fourth-order valence-corrected chi connectivity index (χ4v) is 2.63. The molecule has 106 valence electrons. The van der Waals surface area contributed by atoms with Gasteiger partial charge in [-0.15, -0.1) is 0 Å². The average molecular weight is 273 g/mol. The summed E-state index contributed by atoms with van der Waals surface area (Å²) in [7, 11) is 2.15. The van der Waals surface area contributed by atoms with Crippen molar-refractivity contribution in [1.82, 2.24) is 10.2 Å². The van der Waals surface area contributed by atoms with Gasteiger partial charge < -0.3 is 16.0 Å². The number of piperidine rings is 1. The van der Waals surface area contributed by atoms with Crippen molar-refractivity contribution >= 4 is 17.7 Å². The Morgan fingerprint density at radius 3 is 2.67 bits per heavy atom. The van der Waals surface area contributed by atoms with E-state index in [1.807, 2.05) is 6.26 Å². The summed E-state index contributed by atoms with van der Waals surface area (Å²) in [5, 5.41) is 3.02. The fourth-order valence-electron chi connectivity index (χ4n) is 2.14. The van der Waals surface area contributed by atoms with E-state index in [4.69, 9.17) is 5.73 Å². The number of carbonyl (C=O) groups excluding carboxylic acids is 1. The predicted octanol–water partition coefficient (Wildman–Crippen LogP) is 0.915. The lowest BCUT2D eigenvalue weighted by Gasteiger charge is -2.38. The van der Waals surface area contributed by atoms with Crippen LogP contribution < -0.4 is 11.1 Å². The molecule has 0 radical (unpaired) electrons. The molecule has 0 bridgehead atoms. The van der Waals surface area contributed by atoms with E-state index in [9.17, 15) is 4.79 Å². The van der Waals surface area contributed by atoms with Crippen LogP contribution in [0.4, 0.5) is 0 Å². The molecule has 1 fully saturated rings. The Labute approximate surface area is 115 Å². The van der Waals surface area contributed by atoms with Crippen LogP contribution in [0, 0.1) is 5.41 Å². The third-order valence-corrected chi connectivity index (χ3v) is 4.50. The van der Waals surface area contributed by atoms with Crippen molar-refractivity contribution in [2.45, 2.75) is 32.2 Å². The Bertz CT molecular complexity index is 265. The van der Waals surface area contributed by atoms with E-state index in [1.54, 1.807) is 11.8 Å². The van der Waals surface area contributed by atoms with E-state index in [0.29, 0.717) is 0 Å². The van der Waals surface area contributed by atoms with E-state index in [2.05, 4.69) is 24.2 Å². The highest BCUT2D eigenvalue weighted by molar-refractivity contribution is 7.98. The van der Waals surface area contributed by atoms with Gasteiger partial charge in [0.1, 0.15) is 0 Å². The highest BCUT2D eigenvalue weighted by Crippen LogP contribution is 2.29. The van der Waals surface area contributed by atoms with Crippen molar-refractivity contribution in [2.24, 2.45) is 11.1 Å². The minimum atomic E-state index is -0.354. The average Bonchev–Trinajstić information content (AvgIpc) is 2.37. The molecule has 1 rings (SSSR count). The zero-order valence-electron chi connectivity index (χ0n) is 11.9. The molecular weight excluding hydrogens is 246 g/mol. The molecule has 0 aromatic rings. The number of thioether (sulfide) groups is 1. The number of nitrogens with zero attached hydrogens (tertiary/aromatic N) is 1. The van der Waals surface area contributed by atoms with Gasteiger partial charge in [-0.1, -0.05) is 6.92 Å². The first-order valence-electron chi connectivity index (χ1n) is 6.68. The molecule has 18 heavy (non-hydrogen) atoms. The van der Waals surface area contributed by atoms with E-state index in [0.717, 1.165) is 44.6 Å². The van der Waals surface area contributed by atoms with Crippen molar-refractivity contribution in [3.8, 4) is 0 Å². The summed E-state index contributed by atoms with van der Waals surface area (Å²) >= 11 is 1.73. The van der Waals surface area contributed by atoms with Gasteiger partial charge in [-0.2, -0.15) is 11.8 Å². The maximum absolute atomic E-state index is 11.8. The Kier molecular flexibility index (Phi) is 6.46. The number of nitrogens with one attached hydrogen (secondary N) is 1. The van der Waals surface area contributed by atoms with Gasteiger partial charge in [0.05, 0.1) is 6.04 Å².